The van der Waals surface area contributed by atoms with Crippen LogP contribution in [0.25, 0.3) is 10.9 Å². The lowest BCUT2D eigenvalue weighted by atomic mass is 10.1. The highest BCUT2D eigenvalue weighted by Gasteiger charge is 2.02. The Morgan fingerprint density at radius 3 is 3.00 bits per heavy atom. The monoisotopic (exact) mass is 269 g/mol. The van der Waals surface area contributed by atoms with E-state index in [1.165, 1.54) is 4.88 Å². The Bertz CT molecular complexity index is 677. The van der Waals surface area contributed by atoms with Gasteiger partial charge in [0.15, 0.2) is 0 Å². The highest BCUT2D eigenvalue weighted by Crippen LogP contribution is 2.23. The van der Waals surface area contributed by atoms with Crippen LogP contribution in [-0.4, -0.2) is 11.5 Å². The minimum absolute atomic E-state index is 0.746. The van der Waals surface area contributed by atoms with Crippen LogP contribution in [0.15, 0.2) is 48.0 Å². The maximum atomic E-state index is 5.78. The van der Waals surface area contributed by atoms with Crippen LogP contribution < -0.4 is 11.1 Å². The number of anilines is 2. The molecule has 0 atom stereocenters. The summed E-state index contributed by atoms with van der Waals surface area (Å²) in [4.78, 5) is 5.74. The van der Waals surface area contributed by atoms with Gasteiger partial charge in [-0.3, -0.25) is 4.98 Å². The fraction of sp³-hybridized carbons (Fsp3) is 0.133. The molecule has 2 aromatic heterocycles. The van der Waals surface area contributed by atoms with E-state index in [0.29, 0.717) is 0 Å². The lowest BCUT2D eigenvalue weighted by Gasteiger charge is -2.09. The quantitative estimate of drug-likeness (QED) is 0.712. The summed E-state index contributed by atoms with van der Waals surface area (Å²) in [6.45, 7) is 0.921. The van der Waals surface area contributed by atoms with Gasteiger partial charge in [0.05, 0.1) is 5.52 Å². The Kier molecular flexibility index (Phi) is 3.33. The molecule has 3 rings (SSSR count). The van der Waals surface area contributed by atoms with Gasteiger partial charge in [0, 0.05) is 34.4 Å². The van der Waals surface area contributed by atoms with Crippen LogP contribution in [0.5, 0.6) is 0 Å². The maximum Gasteiger partial charge on any atom is 0.0743 e. The summed E-state index contributed by atoms with van der Waals surface area (Å²) in [5, 5.41) is 6.70. The van der Waals surface area contributed by atoms with Crippen molar-refractivity contribution in [1.29, 1.82) is 0 Å². The van der Waals surface area contributed by atoms with Gasteiger partial charge < -0.3 is 11.1 Å². The Morgan fingerprint density at radius 2 is 2.16 bits per heavy atom. The lowest BCUT2D eigenvalue weighted by Crippen LogP contribution is -2.04. The van der Waals surface area contributed by atoms with Crippen LogP contribution in [0.4, 0.5) is 11.4 Å². The van der Waals surface area contributed by atoms with E-state index in [2.05, 4.69) is 27.8 Å². The molecule has 0 fully saturated rings. The molecule has 0 unspecified atom stereocenters. The van der Waals surface area contributed by atoms with Crippen LogP contribution in [0, 0.1) is 0 Å². The lowest BCUT2D eigenvalue weighted by molar-refractivity contribution is 1.05. The number of aromatic nitrogens is 1. The minimum Gasteiger partial charge on any atom is -0.399 e. The molecule has 1 aromatic carbocycles. The third kappa shape index (κ3) is 2.69. The number of thiophene rings is 1. The van der Waals surface area contributed by atoms with Gasteiger partial charge in [-0.15, -0.1) is 11.3 Å². The molecule has 0 saturated carbocycles. The zero-order chi connectivity index (χ0) is 13.1. The first kappa shape index (κ1) is 12.0. The van der Waals surface area contributed by atoms with Crippen LogP contribution in [-0.2, 0) is 6.42 Å². The van der Waals surface area contributed by atoms with E-state index in [9.17, 15) is 0 Å². The molecule has 19 heavy (non-hydrogen) atoms. The number of rotatable bonds is 4. The molecule has 0 bridgehead atoms. The number of hydrogen-bond donors (Lipinski definition) is 2. The predicted octanol–water partition coefficient (Wildman–Crippen LogP) is 3.53. The highest BCUT2D eigenvalue weighted by atomic mass is 32.1. The largest absolute Gasteiger partial charge is 0.399 e. The van der Waals surface area contributed by atoms with Crippen LogP contribution in [0.2, 0.25) is 0 Å². The van der Waals surface area contributed by atoms with Gasteiger partial charge in [0.25, 0.3) is 0 Å². The number of nitrogens with two attached hydrogens (primary N) is 1. The van der Waals surface area contributed by atoms with E-state index < -0.39 is 0 Å². The van der Waals surface area contributed by atoms with Crippen molar-refractivity contribution < 1.29 is 0 Å². The first-order valence-corrected chi connectivity index (χ1v) is 7.11. The average molecular weight is 269 g/mol. The van der Waals surface area contributed by atoms with Gasteiger partial charge in [-0.2, -0.15) is 0 Å². The number of nitrogens with one attached hydrogen (secondary N) is 1. The fourth-order valence-electron chi connectivity index (χ4n) is 2.09. The summed E-state index contributed by atoms with van der Waals surface area (Å²) in [6.07, 6.45) is 2.85. The predicted molar refractivity (Wildman–Crippen MR) is 82.7 cm³/mol. The van der Waals surface area contributed by atoms with Crippen molar-refractivity contribution in [3.63, 3.8) is 0 Å². The molecule has 0 saturated heterocycles. The highest BCUT2D eigenvalue weighted by molar-refractivity contribution is 7.09. The Morgan fingerprint density at radius 1 is 1.21 bits per heavy atom. The van der Waals surface area contributed by atoms with Crippen molar-refractivity contribution in [2.75, 3.05) is 17.6 Å². The maximum absolute atomic E-state index is 5.78. The number of fused-ring (bicyclic) bond motifs is 1. The topological polar surface area (TPSA) is 50.9 Å². The molecule has 3 nitrogen and oxygen atoms in total. The molecule has 0 amide bonds. The van der Waals surface area contributed by atoms with E-state index in [0.717, 1.165) is 35.2 Å². The van der Waals surface area contributed by atoms with Crippen molar-refractivity contribution in [3.8, 4) is 0 Å². The Balaban J connectivity index is 1.77. The van der Waals surface area contributed by atoms with Gasteiger partial charge in [-0.05, 0) is 42.1 Å². The van der Waals surface area contributed by atoms with E-state index in [1.54, 1.807) is 11.3 Å². The second kappa shape index (κ2) is 5.28. The van der Waals surface area contributed by atoms with E-state index >= 15 is 0 Å². The molecule has 0 aliphatic carbocycles. The summed E-state index contributed by atoms with van der Waals surface area (Å²) in [6, 6.07) is 12.1. The third-order valence-corrected chi connectivity index (χ3v) is 3.97. The smallest absolute Gasteiger partial charge is 0.0743 e. The standard InChI is InChI=1S/C15H15N3S/c16-11-3-4-13-14(6-8-18-15(13)10-11)17-7-5-12-2-1-9-19-12/h1-4,6,8-10H,5,7,16H2,(H,17,18). The SMILES string of the molecule is Nc1ccc2c(NCCc3cccs3)ccnc2c1. The van der Waals surface area contributed by atoms with Crippen LogP contribution in [0.3, 0.4) is 0 Å². The van der Waals surface area contributed by atoms with Gasteiger partial charge in [0.2, 0.25) is 0 Å². The number of nitrogens with zero attached hydrogens (tertiary/aromatic N) is 1. The second-order valence-electron chi connectivity index (χ2n) is 4.39. The molecule has 96 valence electrons. The van der Waals surface area contributed by atoms with Gasteiger partial charge >= 0.3 is 0 Å². The molecule has 4 heteroatoms. The summed E-state index contributed by atoms with van der Waals surface area (Å²) in [5.41, 5.74) is 8.57. The molecule has 3 aromatic rings. The van der Waals surface area contributed by atoms with Crippen molar-refractivity contribution in [2.45, 2.75) is 6.42 Å². The third-order valence-electron chi connectivity index (χ3n) is 3.03. The molecule has 3 N–H and O–H groups in total. The number of nitrogen functional groups attached to an aromatic ring is 1. The zero-order valence-corrected chi connectivity index (χ0v) is 11.3. The van der Waals surface area contributed by atoms with E-state index in [-0.39, 0.29) is 0 Å². The van der Waals surface area contributed by atoms with Crippen molar-refractivity contribution in [1.82, 2.24) is 4.98 Å². The first-order valence-electron chi connectivity index (χ1n) is 6.23. The average Bonchev–Trinajstić information content (AvgIpc) is 2.92. The normalized spacial score (nSPS) is 10.7. The Hall–Kier alpha value is -2.07. The molecule has 2 heterocycles. The fourth-order valence-corrected chi connectivity index (χ4v) is 2.80. The Labute approximate surface area is 116 Å². The summed E-state index contributed by atoms with van der Waals surface area (Å²) in [5.74, 6) is 0. The first-order chi connectivity index (χ1) is 9.33. The second-order valence-corrected chi connectivity index (χ2v) is 5.42. The van der Waals surface area contributed by atoms with Crippen molar-refractivity contribution in [3.05, 3.63) is 52.9 Å². The van der Waals surface area contributed by atoms with Gasteiger partial charge in [-0.1, -0.05) is 6.07 Å². The van der Waals surface area contributed by atoms with Gasteiger partial charge in [0.1, 0.15) is 0 Å². The molecule has 0 aliphatic heterocycles. The van der Waals surface area contributed by atoms with Crippen molar-refractivity contribution in [2.24, 2.45) is 0 Å². The molecule has 0 radical (unpaired) electrons. The van der Waals surface area contributed by atoms with E-state index in [4.69, 9.17) is 5.73 Å². The van der Waals surface area contributed by atoms with Gasteiger partial charge in [-0.25, -0.2) is 0 Å². The van der Waals surface area contributed by atoms with E-state index in [1.807, 2.05) is 30.5 Å². The molecule has 0 spiro atoms. The van der Waals surface area contributed by atoms with Crippen molar-refractivity contribution >= 4 is 33.6 Å². The summed E-state index contributed by atoms with van der Waals surface area (Å²) >= 11 is 1.79. The summed E-state index contributed by atoms with van der Waals surface area (Å²) < 4.78 is 0. The van der Waals surface area contributed by atoms with Crippen LogP contribution in [0.1, 0.15) is 4.88 Å². The molecular formula is C15H15N3S. The minimum atomic E-state index is 0.746. The molecule has 0 aliphatic rings. The van der Waals surface area contributed by atoms with Crippen LogP contribution >= 0.6 is 11.3 Å². The summed E-state index contributed by atoms with van der Waals surface area (Å²) in [7, 11) is 0. The zero-order valence-electron chi connectivity index (χ0n) is 10.5. The number of pyridine rings is 1. The number of hydrogen-bond acceptors (Lipinski definition) is 4. The molecular weight excluding hydrogens is 254 g/mol. The number of benzene rings is 1.